The number of hydrogen-bond acceptors (Lipinski definition) is 5. The monoisotopic (exact) mass is 477 g/mol. The van der Waals surface area contributed by atoms with Gasteiger partial charge in [-0.25, -0.2) is 0 Å². The largest absolute Gasteiger partial charge is 0.497 e. The lowest BCUT2D eigenvalue weighted by atomic mass is 9.87. The van der Waals surface area contributed by atoms with E-state index < -0.39 is 0 Å². The summed E-state index contributed by atoms with van der Waals surface area (Å²) in [7, 11) is 1.62. The number of ether oxygens (including phenoxy) is 2. The quantitative estimate of drug-likeness (QED) is 0.662. The van der Waals surface area contributed by atoms with E-state index in [0.29, 0.717) is 50.1 Å². The van der Waals surface area contributed by atoms with E-state index in [-0.39, 0.29) is 17.9 Å². The third-order valence-electron chi connectivity index (χ3n) is 7.72. The number of nitrogens with zero attached hydrogens (tertiary/aromatic N) is 3. The summed E-state index contributed by atoms with van der Waals surface area (Å²) in [6, 6.07) is 16.4. The SMILES string of the molecule is COc1cccc(C(=O)N2CCC(N3CCc4ccccc4C3CC(=O)N3CCOCC3)CC2)c1. The molecule has 186 valence electrons. The first-order valence-electron chi connectivity index (χ1n) is 12.8. The molecule has 3 aliphatic heterocycles. The number of likely N-dealkylation sites (tertiary alicyclic amines) is 1. The van der Waals surface area contributed by atoms with E-state index in [4.69, 9.17) is 9.47 Å². The highest BCUT2D eigenvalue weighted by Gasteiger charge is 2.36. The number of carbonyl (C=O) groups is 2. The number of methoxy groups -OCH3 is 1. The van der Waals surface area contributed by atoms with Crippen molar-refractivity contribution >= 4 is 11.8 Å². The van der Waals surface area contributed by atoms with Crippen molar-refractivity contribution in [3.63, 3.8) is 0 Å². The highest BCUT2D eigenvalue weighted by atomic mass is 16.5. The van der Waals surface area contributed by atoms with Crippen molar-refractivity contribution in [2.75, 3.05) is 53.0 Å². The van der Waals surface area contributed by atoms with Crippen LogP contribution in [0.5, 0.6) is 5.75 Å². The molecule has 0 aromatic heterocycles. The van der Waals surface area contributed by atoms with Crippen molar-refractivity contribution in [2.45, 2.75) is 37.8 Å². The third kappa shape index (κ3) is 5.21. The Kier molecular flexibility index (Phi) is 7.35. The standard InChI is InChI=1S/C28H35N3O4/c1-34-24-7-4-6-22(19-24)28(33)30-12-10-23(11-13-30)31-14-9-21-5-2-3-8-25(21)26(31)20-27(32)29-15-17-35-18-16-29/h2-8,19,23,26H,9-18,20H2,1H3. The van der Waals surface area contributed by atoms with Crippen molar-refractivity contribution < 1.29 is 19.1 Å². The molecule has 0 aliphatic carbocycles. The molecule has 1 atom stereocenters. The fourth-order valence-electron chi connectivity index (χ4n) is 5.78. The van der Waals surface area contributed by atoms with Crippen molar-refractivity contribution in [1.29, 1.82) is 0 Å². The maximum absolute atomic E-state index is 13.2. The number of morpholine rings is 1. The molecule has 35 heavy (non-hydrogen) atoms. The van der Waals surface area contributed by atoms with Gasteiger partial charge in [0.05, 0.1) is 20.3 Å². The average Bonchev–Trinajstić information content (AvgIpc) is 2.93. The van der Waals surface area contributed by atoms with Gasteiger partial charge in [0, 0.05) is 56.8 Å². The number of amides is 2. The van der Waals surface area contributed by atoms with Crippen LogP contribution in [0.3, 0.4) is 0 Å². The summed E-state index contributed by atoms with van der Waals surface area (Å²) in [6.45, 7) is 5.00. The summed E-state index contributed by atoms with van der Waals surface area (Å²) in [5.74, 6) is 0.974. The van der Waals surface area contributed by atoms with E-state index in [0.717, 1.165) is 38.9 Å². The van der Waals surface area contributed by atoms with Crippen molar-refractivity contribution in [1.82, 2.24) is 14.7 Å². The molecule has 2 aromatic carbocycles. The zero-order chi connectivity index (χ0) is 24.2. The summed E-state index contributed by atoms with van der Waals surface area (Å²) >= 11 is 0. The van der Waals surface area contributed by atoms with Crippen LogP contribution in [0.1, 0.15) is 46.8 Å². The molecule has 0 saturated carbocycles. The van der Waals surface area contributed by atoms with Crippen LogP contribution < -0.4 is 4.74 Å². The molecule has 0 spiro atoms. The fraction of sp³-hybridized carbons (Fsp3) is 0.500. The fourth-order valence-corrected chi connectivity index (χ4v) is 5.78. The molecule has 3 heterocycles. The van der Waals surface area contributed by atoms with Crippen LogP contribution in [0.4, 0.5) is 0 Å². The Balaban J connectivity index is 1.28. The van der Waals surface area contributed by atoms with E-state index in [1.807, 2.05) is 34.1 Å². The Labute approximate surface area is 207 Å². The summed E-state index contributed by atoms with van der Waals surface area (Å²) in [6.07, 6.45) is 3.33. The molecule has 2 amide bonds. The van der Waals surface area contributed by atoms with Gasteiger partial charge < -0.3 is 19.3 Å². The molecule has 3 aliphatic rings. The average molecular weight is 478 g/mol. The van der Waals surface area contributed by atoms with Crippen LogP contribution >= 0.6 is 0 Å². The van der Waals surface area contributed by atoms with Gasteiger partial charge in [0.1, 0.15) is 5.75 Å². The van der Waals surface area contributed by atoms with Crippen molar-refractivity contribution in [2.24, 2.45) is 0 Å². The zero-order valence-corrected chi connectivity index (χ0v) is 20.5. The van der Waals surface area contributed by atoms with Crippen molar-refractivity contribution in [3.8, 4) is 5.75 Å². The van der Waals surface area contributed by atoms with Crippen LogP contribution in [0.15, 0.2) is 48.5 Å². The normalized spacial score (nSPS) is 21.5. The Morgan fingerprint density at radius 2 is 1.71 bits per heavy atom. The summed E-state index contributed by atoms with van der Waals surface area (Å²) in [4.78, 5) is 32.8. The van der Waals surface area contributed by atoms with Crippen LogP contribution in [0.25, 0.3) is 0 Å². The van der Waals surface area contributed by atoms with Gasteiger partial charge in [-0.3, -0.25) is 14.5 Å². The Hall–Kier alpha value is -2.90. The van der Waals surface area contributed by atoms with Crippen LogP contribution in [-0.4, -0.2) is 85.6 Å². The molecule has 0 bridgehead atoms. The van der Waals surface area contributed by atoms with Gasteiger partial charge in [0.25, 0.3) is 5.91 Å². The zero-order valence-electron chi connectivity index (χ0n) is 20.5. The second kappa shape index (κ2) is 10.8. The molecule has 2 saturated heterocycles. The number of carbonyl (C=O) groups excluding carboxylic acids is 2. The molecule has 0 N–H and O–H groups in total. The molecule has 5 rings (SSSR count). The van der Waals surface area contributed by atoms with Crippen LogP contribution in [0.2, 0.25) is 0 Å². The predicted molar refractivity (Wildman–Crippen MR) is 134 cm³/mol. The van der Waals surface area contributed by atoms with E-state index in [9.17, 15) is 9.59 Å². The van der Waals surface area contributed by atoms with E-state index in [2.05, 4.69) is 29.2 Å². The van der Waals surface area contributed by atoms with Gasteiger partial charge >= 0.3 is 0 Å². The number of rotatable bonds is 5. The summed E-state index contributed by atoms with van der Waals surface area (Å²) in [5, 5.41) is 0. The minimum Gasteiger partial charge on any atom is -0.497 e. The Morgan fingerprint density at radius 1 is 0.943 bits per heavy atom. The van der Waals surface area contributed by atoms with Gasteiger partial charge in [-0.2, -0.15) is 0 Å². The molecule has 7 nitrogen and oxygen atoms in total. The number of piperidine rings is 1. The van der Waals surface area contributed by atoms with Gasteiger partial charge in [0.15, 0.2) is 0 Å². The van der Waals surface area contributed by atoms with Gasteiger partial charge in [-0.1, -0.05) is 30.3 Å². The maximum atomic E-state index is 13.2. The minimum atomic E-state index is 0.0605. The Bertz CT molecular complexity index is 1040. The smallest absolute Gasteiger partial charge is 0.253 e. The lowest BCUT2D eigenvalue weighted by Gasteiger charge is -2.45. The second-order valence-electron chi connectivity index (χ2n) is 9.66. The molecular weight excluding hydrogens is 442 g/mol. The van der Waals surface area contributed by atoms with Gasteiger partial charge in [-0.05, 0) is 48.6 Å². The van der Waals surface area contributed by atoms with E-state index in [1.54, 1.807) is 7.11 Å². The van der Waals surface area contributed by atoms with Crippen molar-refractivity contribution in [3.05, 3.63) is 65.2 Å². The highest BCUT2D eigenvalue weighted by Crippen LogP contribution is 2.36. The van der Waals surface area contributed by atoms with Gasteiger partial charge in [-0.15, -0.1) is 0 Å². The summed E-state index contributed by atoms with van der Waals surface area (Å²) in [5.41, 5.74) is 3.31. The maximum Gasteiger partial charge on any atom is 0.253 e. The second-order valence-corrected chi connectivity index (χ2v) is 9.66. The molecule has 2 aromatic rings. The topological polar surface area (TPSA) is 62.3 Å². The van der Waals surface area contributed by atoms with E-state index >= 15 is 0 Å². The predicted octanol–water partition coefficient (Wildman–Crippen LogP) is 3.15. The van der Waals surface area contributed by atoms with Crippen LogP contribution in [0, 0.1) is 0 Å². The van der Waals surface area contributed by atoms with Gasteiger partial charge in [0.2, 0.25) is 5.91 Å². The first kappa shape index (κ1) is 23.8. The van der Waals surface area contributed by atoms with E-state index in [1.165, 1.54) is 11.1 Å². The molecule has 7 heteroatoms. The third-order valence-corrected chi connectivity index (χ3v) is 7.72. The minimum absolute atomic E-state index is 0.0605. The summed E-state index contributed by atoms with van der Waals surface area (Å²) < 4.78 is 10.7. The number of hydrogen-bond donors (Lipinski definition) is 0. The Morgan fingerprint density at radius 3 is 2.49 bits per heavy atom. The molecular formula is C28H35N3O4. The molecule has 2 fully saturated rings. The first-order chi connectivity index (χ1) is 17.1. The van der Waals surface area contributed by atoms with Crippen LogP contribution in [-0.2, 0) is 16.0 Å². The molecule has 1 unspecified atom stereocenters. The molecule has 0 radical (unpaired) electrons. The highest BCUT2D eigenvalue weighted by molar-refractivity contribution is 5.94. The lowest BCUT2D eigenvalue weighted by molar-refractivity contribution is -0.137. The lowest BCUT2D eigenvalue weighted by Crippen LogP contribution is -2.51. The first-order valence-corrected chi connectivity index (χ1v) is 12.8. The number of fused-ring (bicyclic) bond motifs is 1. The number of benzene rings is 2.